The standard InChI is InChI=1S/C13H9F2N3O3/c14-7-1-4-11(16)12(5-7)17-13(19)9-6-8(18(20)21)2-3-10(9)15/h1-6H,16H2,(H,17,19). The van der Waals surface area contributed by atoms with Crippen LogP contribution in [-0.4, -0.2) is 10.8 Å². The normalized spacial score (nSPS) is 10.2. The molecule has 0 unspecified atom stereocenters. The number of nitrogens with zero attached hydrogens (tertiary/aromatic N) is 1. The Morgan fingerprint density at radius 2 is 1.90 bits per heavy atom. The molecule has 0 saturated carbocycles. The lowest BCUT2D eigenvalue weighted by molar-refractivity contribution is -0.384. The van der Waals surface area contributed by atoms with E-state index in [4.69, 9.17) is 5.73 Å². The molecule has 0 aliphatic rings. The number of carbonyl (C=O) groups excluding carboxylic acids is 1. The van der Waals surface area contributed by atoms with Gasteiger partial charge in [-0.1, -0.05) is 0 Å². The molecule has 0 spiro atoms. The molecule has 1 amide bonds. The first-order valence-electron chi connectivity index (χ1n) is 5.69. The van der Waals surface area contributed by atoms with Crippen LogP contribution in [0.4, 0.5) is 25.8 Å². The van der Waals surface area contributed by atoms with Gasteiger partial charge in [-0.15, -0.1) is 0 Å². The summed E-state index contributed by atoms with van der Waals surface area (Å²) in [6, 6.07) is 5.82. The van der Waals surface area contributed by atoms with Crippen molar-refractivity contribution in [1.29, 1.82) is 0 Å². The minimum atomic E-state index is -0.964. The van der Waals surface area contributed by atoms with Gasteiger partial charge in [-0.3, -0.25) is 14.9 Å². The van der Waals surface area contributed by atoms with Crippen LogP contribution in [0.1, 0.15) is 10.4 Å². The Balaban J connectivity index is 2.34. The lowest BCUT2D eigenvalue weighted by Crippen LogP contribution is -2.15. The van der Waals surface area contributed by atoms with Crippen molar-refractivity contribution in [2.45, 2.75) is 0 Å². The van der Waals surface area contributed by atoms with Crippen molar-refractivity contribution in [2.75, 3.05) is 11.1 Å². The summed E-state index contributed by atoms with van der Waals surface area (Å²) in [5, 5.41) is 12.8. The number of anilines is 2. The molecule has 6 nitrogen and oxygen atoms in total. The Bertz CT molecular complexity index is 735. The molecular weight excluding hydrogens is 284 g/mol. The maximum Gasteiger partial charge on any atom is 0.270 e. The molecule has 0 fully saturated rings. The average Bonchev–Trinajstić information content (AvgIpc) is 2.43. The number of benzene rings is 2. The third kappa shape index (κ3) is 3.11. The number of rotatable bonds is 3. The predicted molar refractivity (Wildman–Crippen MR) is 71.8 cm³/mol. The number of hydrogen-bond acceptors (Lipinski definition) is 4. The molecule has 3 N–H and O–H groups in total. The first-order valence-corrected chi connectivity index (χ1v) is 5.69. The van der Waals surface area contributed by atoms with Gasteiger partial charge in [0.05, 0.1) is 21.9 Å². The van der Waals surface area contributed by atoms with Crippen molar-refractivity contribution < 1.29 is 18.5 Å². The van der Waals surface area contributed by atoms with E-state index in [-0.39, 0.29) is 11.4 Å². The zero-order chi connectivity index (χ0) is 15.6. The highest BCUT2D eigenvalue weighted by Gasteiger charge is 2.17. The minimum absolute atomic E-state index is 0.0501. The quantitative estimate of drug-likeness (QED) is 0.516. The molecule has 8 heteroatoms. The highest BCUT2D eigenvalue weighted by molar-refractivity contribution is 6.06. The van der Waals surface area contributed by atoms with Crippen LogP contribution < -0.4 is 11.1 Å². The van der Waals surface area contributed by atoms with Crippen molar-refractivity contribution in [3.05, 3.63) is 63.7 Å². The smallest absolute Gasteiger partial charge is 0.270 e. The van der Waals surface area contributed by atoms with Crippen LogP contribution in [0.2, 0.25) is 0 Å². The van der Waals surface area contributed by atoms with E-state index in [1.807, 2.05) is 0 Å². The second-order valence-corrected chi connectivity index (χ2v) is 4.11. The Morgan fingerprint density at radius 1 is 1.19 bits per heavy atom. The molecule has 108 valence electrons. The van der Waals surface area contributed by atoms with Gasteiger partial charge in [0, 0.05) is 12.1 Å². The first-order chi connectivity index (χ1) is 9.88. The molecule has 0 aliphatic carbocycles. The van der Waals surface area contributed by atoms with Gasteiger partial charge < -0.3 is 11.1 Å². The maximum atomic E-state index is 13.6. The molecule has 2 aromatic carbocycles. The van der Waals surface area contributed by atoms with Crippen LogP contribution in [-0.2, 0) is 0 Å². The molecule has 0 saturated heterocycles. The van der Waals surface area contributed by atoms with E-state index in [0.717, 1.165) is 30.3 Å². The average molecular weight is 293 g/mol. The molecule has 0 aliphatic heterocycles. The number of nitrogens with two attached hydrogens (primary N) is 1. The zero-order valence-electron chi connectivity index (χ0n) is 10.5. The van der Waals surface area contributed by atoms with Gasteiger partial charge in [0.25, 0.3) is 11.6 Å². The number of halogens is 2. The van der Waals surface area contributed by atoms with Crippen molar-refractivity contribution in [3.63, 3.8) is 0 Å². The summed E-state index contributed by atoms with van der Waals surface area (Å²) < 4.78 is 26.7. The summed E-state index contributed by atoms with van der Waals surface area (Å²) in [7, 11) is 0. The molecule has 0 heterocycles. The van der Waals surface area contributed by atoms with Crippen LogP contribution in [0.3, 0.4) is 0 Å². The number of nitro benzene ring substituents is 1. The van der Waals surface area contributed by atoms with Gasteiger partial charge >= 0.3 is 0 Å². The fourth-order valence-electron chi connectivity index (χ4n) is 1.63. The molecule has 2 aromatic rings. The Morgan fingerprint density at radius 3 is 2.57 bits per heavy atom. The Kier molecular flexibility index (Phi) is 3.79. The lowest BCUT2D eigenvalue weighted by atomic mass is 10.1. The minimum Gasteiger partial charge on any atom is -0.397 e. The molecule has 0 bridgehead atoms. The fraction of sp³-hybridized carbons (Fsp3) is 0. The Hall–Kier alpha value is -3.03. The third-order valence-electron chi connectivity index (χ3n) is 2.67. The number of nitro groups is 1. The second kappa shape index (κ2) is 5.53. The summed E-state index contributed by atoms with van der Waals surface area (Å²) in [4.78, 5) is 21.8. The van der Waals surface area contributed by atoms with E-state index < -0.39 is 33.7 Å². The van der Waals surface area contributed by atoms with E-state index in [1.54, 1.807) is 0 Å². The monoisotopic (exact) mass is 293 g/mol. The van der Waals surface area contributed by atoms with Gasteiger partial charge in [-0.25, -0.2) is 8.78 Å². The topological polar surface area (TPSA) is 98.3 Å². The van der Waals surface area contributed by atoms with Crippen molar-refractivity contribution in [1.82, 2.24) is 0 Å². The van der Waals surface area contributed by atoms with Crippen LogP contribution in [0.5, 0.6) is 0 Å². The molecule has 0 aromatic heterocycles. The third-order valence-corrected chi connectivity index (χ3v) is 2.67. The van der Waals surface area contributed by atoms with Gasteiger partial charge in [-0.05, 0) is 24.3 Å². The van der Waals surface area contributed by atoms with E-state index in [0.29, 0.717) is 0 Å². The summed E-state index contributed by atoms with van der Waals surface area (Å²) in [5.41, 5.74) is 4.61. The van der Waals surface area contributed by atoms with Crippen molar-refractivity contribution >= 4 is 23.0 Å². The predicted octanol–water partition coefficient (Wildman–Crippen LogP) is 2.71. The van der Waals surface area contributed by atoms with Crippen LogP contribution in [0.25, 0.3) is 0 Å². The van der Waals surface area contributed by atoms with Gasteiger partial charge in [0.2, 0.25) is 0 Å². The highest BCUT2D eigenvalue weighted by Crippen LogP contribution is 2.22. The molecule has 21 heavy (non-hydrogen) atoms. The van der Waals surface area contributed by atoms with Crippen LogP contribution >= 0.6 is 0 Å². The molecule has 0 radical (unpaired) electrons. The number of nitrogens with one attached hydrogen (secondary N) is 1. The number of nitrogen functional groups attached to an aromatic ring is 1. The fourth-order valence-corrected chi connectivity index (χ4v) is 1.63. The first kappa shape index (κ1) is 14.4. The van der Waals surface area contributed by atoms with E-state index in [2.05, 4.69) is 5.32 Å². The maximum absolute atomic E-state index is 13.6. The van der Waals surface area contributed by atoms with Gasteiger partial charge in [0.1, 0.15) is 11.6 Å². The van der Waals surface area contributed by atoms with Crippen molar-refractivity contribution in [2.24, 2.45) is 0 Å². The van der Waals surface area contributed by atoms with Crippen molar-refractivity contribution in [3.8, 4) is 0 Å². The van der Waals surface area contributed by atoms with Crippen LogP contribution in [0.15, 0.2) is 36.4 Å². The summed E-state index contributed by atoms with van der Waals surface area (Å²) >= 11 is 0. The second-order valence-electron chi connectivity index (χ2n) is 4.11. The zero-order valence-corrected chi connectivity index (χ0v) is 10.5. The summed E-state index contributed by atoms with van der Waals surface area (Å²) in [6.45, 7) is 0. The lowest BCUT2D eigenvalue weighted by Gasteiger charge is -2.08. The number of amides is 1. The number of non-ortho nitro benzene ring substituents is 1. The van der Waals surface area contributed by atoms with E-state index in [1.165, 1.54) is 6.07 Å². The molecular formula is C13H9F2N3O3. The molecule has 0 atom stereocenters. The van der Waals surface area contributed by atoms with Gasteiger partial charge in [0.15, 0.2) is 0 Å². The Labute approximate surface area is 117 Å². The van der Waals surface area contributed by atoms with Crippen LogP contribution in [0, 0.1) is 21.7 Å². The summed E-state index contributed by atoms with van der Waals surface area (Å²) in [5.74, 6) is -2.54. The van der Waals surface area contributed by atoms with E-state index >= 15 is 0 Å². The highest BCUT2D eigenvalue weighted by atomic mass is 19.1. The van der Waals surface area contributed by atoms with E-state index in [9.17, 15) is 23.7 Å². The number of carbonyl (C=O) groups is 1. The largest absolute Gasteiger partial charge is 0.397 e. The van der Waals surface area contributed by atoms with Gasteiger partial charge in [-0.2, -0.15) is 0 Å². The summed E-state index contributed by atoms with van der Waals surface area (Å²) in [6.07, 6.45) is 0. The SMILES string of the molecule is Nc1ccc(F)cc1NC(=O)c1cc([N+](=O)[O-])ccc1F. The molecule has 2 rings (SSSR count). The number of hydrogen-bond donors (Lipinski definition) is 2.